The molecular weight excluding hydrogens is 443 g/mol. The molecule has 5 nitrogen and oxygen atoms in total. The Balaban J connectivity index is 1.79. The van der Waals surface area contributed by atoms with Gasteiger partial charge in [-0.15, -0.1) is 5.10 Å². The fourth-order valence-corrected chi connectivity index (χ4v) is 3.41. The summed E-state index contributed by atoms with van der Waals surface area (Å²) in [5, 5.41) is 8.52. The van der Waals surface area contributed by atoms with Crippen LogP contribution in [0.5, 0.6) is 0 Å². The number of rotatable bonds is 4. The van der Waals surface area contributed by atoms with Gasteiger partial charge in [-0.05, 0) is 49.4 Å². The minimum Gasteiger partial charge on any atom is -0.319 e. The van der Waals surface area contributed by atoms with E-state index in [1.807, 2.05) is 31.2 Å². The van der Waals surface area contributed by atoms with E-state index in [0.29, 0.717) is 32.3 Å². The molecule has 0 aliphatic heterocycles. The van der Waals surface area contributed by atoms with Gasteiger partial charge in [-0.2, -0.15) is 0 Å². The molecule has 3 aromatic carbocycles. The number of carbonyl (C=O) groups is 1. The normalized spacial score (nSPS) is 10.8. The molecule has 4 aromatic rings. The van der Waals surface area contributed by atoms with Crippen LogP contribution in [-0.4, -0.2) is 20.7 Å². The lowest BCUT2D eigenvalue weighted by atomic mass is 10.1. The molecule has 8 heteroatoms. The fraction of sp³-hybridized carbons (Fsp3) is 0.0455. The molecule has 0 radical (unpaired) electrons. The molecule has 4 rings (SSSR count). The molecule has 0 spiro atoms. The number of aryl methyl sites for hydroxylation is 1. The molecule has 30 heavy (non-hydrogen) atoms. The van der Waals surface area contributed by atoms with Crippen LogP contribution in [0, 0.1) is 6.92 Å². The highest BCUT2D eigenvalue weighted by Crippen LogP contribution is 2.28. The summed E-state index contributed by atoms with van der Waals surface area (Å²) in [6.45, 7) is 1.98. The van der Waals surface area contributed by atoms with Gasteiger partial charge in [0.05, 0.1) is 15.7 Å². The average molecular weight is 458 g/mol. The Labute approximate surface area is 188 Å². The predicted molar refractivity (Wildman–Crippen MR) is 121 cm³/mol. The second-order valence-electron chi connectivity index (χ2n) is 6.60. The second-order valence-corrected chi connectivity index (χ2v) is 7.85. The molecule has 150 valence electrons. The van der Waals surface area contributed by atoms with Crippen molar-refractivity contribution in [2.24, 2.45) is 0 Å². The number of hydrogen-bond donors (Lipinski definition) is 1. The van der Waals surface area contributed by atoms with Gasteiger partial charge in [-0.1, -0.05) is 64.6 Å². The number of nitrogens with one attached hydrogen (secondary N) is 1. The van der Waals surface area contributed by atoms with Crippen molar-refractivity contribution >= 4 is 46.4 Å². The van der Waals surface area contributed by atoms with E-state index in [1.165, 1.54) is 0 Å². The molecule has 0 saturated heterocycles. The van der Waals surface area contributed by atoms with Crippen LogP contribution in [-0.2, 0) is 0 Å². The van der Waals surface area contributed by atoms with Crippen molar-refractivity contribution in [3.05, 3.63) is 93.2 Å². The zero-order valence-electron chi connectivity index (χ0n) is 15.7. The van der Waals surface area contributed by atoms with Crippen LogP contribution < -0.4 is 5.32 Å². The van der Waals surface area contributed by atoms with E-state index in [4.69, 9.17) is 34.8 Å². The van der Waals surface area contributed by atoms with E-state index in [2.05, 4.69) is 15.4 Å². The predicted octanol–water partition coefficient (Wildman–Crippen LogP) is 6.46. The Morgan fingerprint density at radius 3 is 2.47 bits per heavy atom. The van der Waals surface area contributed by atoms with E-state index in [1.54, 1.807) is 47.1 Å². The van der Waals surface area contributed by atoms with Crippen LogP contribution in [0.3, 0.4) is 0 Å². The highest BCUT2D eigenvalue weighted by Gasteiger charge is 2.19. The Morgan fingerprint density at radius 2 is 1.73 bits per heavy atom. The van der Waals surface area contributed by atoms with Gasteiger partial charge in [-0.25, -0.2) is 9.67 Å². The van der Waals surface area contributed by atoms with Crippen molar-refractivity contribution in [1.29, 1.82) is 0 Å². The topological polar surface area (TPSA) is 59.8 Å². The fourth-order valence-electron chi connectivity index (χ4n) is 2.93. The van der Waals surface area contributed by atoms with Gasteiger partial charge >= 0.3 is 0 Å². The third-order valence-electron chi connectivity index (χ3n) is 4.32. The molecule has 0 unspecified atom stereocenters. The van der Waals surface area contributed by atoms with E-state index in [0.717, 1.165) is 11.1 Å². The third kappa shape index (κ3) is 4.33. The van der Waals surface area contributed by atoms with Crippen LogP contribution in [0.4, 0.5) is 5.69 Å². The van der Waals surface area contributed by atoms with Gasteiger partial charge in [0.25, 0.3) is 5.91 Å². The SMILES string of the molecule is Cc1cccc(-c2nc(C(=O)Nc3cccc(Cl)c3)nn2-c2ccc(Cl)c(Cl)c2)c1. The van der Waals surface area contributed by atoms with Crippen molar-refractivity contribution in [2.75, 3.05) is 5.32 Å². The molecular formula is C22H15Cl3N4O. The third-order valence-corrected chi connectivity index (χ3v) is 5.29. The summed E-state index contributed by atoms with van der Waals surface area (Å²) >= 11 is 18.2. The van der Waals surface area contributed by atoms with Gasteiger partial charge in [0.15, 0.2) is 5.82 Å². The molecule has 1 heterocycles. The second kappa shape index (κ2) is 8.48. The maximum atomic E-state index is 12.8. The van der Waals surface area contributed by atoms with Gasteiger partial charge in [0, 0.05) is 16.3 Å². The van der Waals surface area contributed by atoms with Gasteiger partial charge in [-0.3, -0.25) is 4.79 Å². The Morgan fingerprint density at radius 1 is 0.933 bits per heavy atom. The smallest absolute Gasteiger partial charge is 0.295 e. The van der Waals surface area contributed by atoms with E-state index in [-0.39, 0.29) is 5.82 Å². The first-order valence-electron chi connectivity index (χ1n) is 8.97. The minimum absolute atomic E-state index is 0.0116. The molecule has 0 aliphatic carbocycles. The Bertz CT molecular complexity index is 1250. The lowest BCUT2D eigenvalue weighted by Gasteiger charge is -2.07. The zero-order valence-corrected chi connectivity index (χ0v) is 18.0. The molecule has 1 amide bonds. The van der Waals surface area contributed by atoms with E-state index >= 15 is 0 Å². The van der Waals surface area contributed by atoms with E-state index < -0.39 is 5.91 Å². The first-order valence-corrected chi connectivity index (χ1v) is 10.1. The average Bonchev–Trinajstić information content (AvgIpc) is 3.16. The van der Waals surface area contributed by atoms with Crippen LogP contribution >= 0.6 is 34.8 Å². The lowest BCUT2D eigenvalue weighted by molar-refractivity contribution is 0.101. The van der Waals surface area contributed by atoms with Gasteiger partial charge in [0.1, 0.15) is 0 Å². The minimum atomic E-state index is -0.454. The Kier molecular flexibility index (Phi) is 5.77. The maximum Gasteiger partial charge on any atom is 0.295 e. The molecule has 1 N–H and O–H groups in total. The molecule has 0 aliphatic rings. The van der Waals surface area contributed by atoms with Gasteiger partial charge < -0.3 is 5.32 Å². The number of aromatic nitrogens is 3. The summed E-state index contributed by atoms with van der Waals surface area (Å²) < 4.78 is 1.57. The molecule has 0 bridgehead atoms. The zero-order chi connectivity index (χ0) is 21.3. The standard InChI is InChI=1S/C22H15Cl3N4O/c1-13-4-2-5-14(10-13)21-27-20(22(30)26-16-7-3-6-15(23)11-16)28-29(21)17-8-9-18(24)19(25)12-17/h2-12H,1H3,(H,26,30). The summed E-state index contributed by atoms with van der Waals surface area (Å²) in [6.07, 6.45) is 0. The molecule has 1 aromatic heterocycles. The number of hydrogen-bond acceptors (Lipinski definition) is 3. The quantitative estimate of drug-likeness (QED) is 0.383. The van der Waals surface area contributed by atoms with Crippen molar-refractivity contribution in [2.45, 2.75) is 6.92 Å². The summed E-state index contributed by atoms with van der Waals surface area (Å²) in [6, 6.07) is 19.8. The summed E-state index contributed by atoms with van der Waals surface area (Å²) in [5.41, 5.74) is 3.06. The highest BCUT2D eigenvalue weighted by atomic mass is 35.5. The van der Waals surface area contributed by atoms with Crippen molar-refractivity contribution < 1.29 is 4.79 Å². The van der Waals surface area contributed by atoms with Crippen LogP contribution in [0.1, 0.15) is 16.2 Å². The van der Waals surface area contributed by atoms with E-state index in [9.17, 15) is 4.79 Å². The van der Waals surface area contributed by atoms with Gasteiger partial charge in [0.2, 0.25) is 5.82 Å². The first-order chi connectivity index (χ1) is 14.4. The number of benzene rings is 3. The maximum absolute atomic E-state index is 12.8. The highest BCUT2D eigenvalue weighted by molar-refractivity contribution is 6.42. The lowest BCUT2D eigenvalue weighted by Crippen LogP contribution is -2.14. The van der Waals surface area contributed by atoms with Crippen LogP contribution in [0.2, 0.25) is 15.1 Å². The first kappa shape index (κ1) is 20.4. The van der Waals surface area contributed by atoms with Crippen molar-refractivity contribution in [3.63, 3.8) is 0 Å². The summed E-state index contributed by atoms with van der Waals surface area (Å²) in [4.78, 5) is 17.3. The number of amides is 1. The number of halogens is 3. The summed E-state index contributed by atoms with van der Waals surface area (Å²) in [5.74, 6) is 0.0656. The molecule has 0 fully saturated rings. The van der Waals surface area contributed by atoms with Crippen molar-refractivity contribution in [3.8, 4) is 17.1 Å². The molecule has 0 atom stereocenters. The number of anilines is 1. The molecule has 0 saturated carbocycles. The Hall–Kier alpha value is -2.86. The largest absolute Gasteiger partial charge is 0.319 e. The monoisotopic (exact) mass is 456 g/mol. The summed E-state index contributed by atoms with van der Waals surface area (Å²) in [7, 11) is 0. The van der Waals surface area contributed by atoms with Crippen LogP contribution in [0.25, 0.3) is 17.1 Å². The number of nitrogens with zero attached hydrogens (tertiary/aromatic N) is 3. The van der Waals surface area contributed by atoms with Crippen LogP contribution in [0.15, 0.2) is 66.7 Å². The number of carbonyl (C=O) groups excluding carboxylic acids is 1. The van der Waals surface area contributed by atoms with Crippen molar-refractivity contribution in [1.82, 2.24) is 14.8 Å².